The minimum atomic E-state index is 0.503. The van der Waals surface area contributed by atoms with E-state index in [1.165, 1.54) is 16.0 Å². The number of aryl methyl sites for hydroxylation is 1. The van der Waals surface area contributed by atoms with Crippen molar-refractivity contribution in [2.24, 2.45) is 0 Å². The third kappa shape index (κ3) is 2.89. The Morgan fingerprint density at radius 1 is 0.875 bits per heavy atom. The van der Waals surface area contributed by atoms with Gasteiger partial charge in [-0.05, 0) is 31.5 Å². The molecule has 0 fully saturated rings. The van der Waals surface area contributed by atoms with Gasteiger partial charge in [-0.15, -0.1) is 11.8 Å². The first-order chi connectivity index (χ1) is 7.75. The quantitative estimate of drug-likeness (QED) is 0.677. The van der Waals surface area contributed by atoms with Crippen LogP contribution in [0.1, 0.15) is 23.3 Å². The predicted molar refractivity (Wildman–Crippen MR) is 71.9 cm³/mol. The topological polar surface area (TPSA) is 0 Å². The Kier molecular flexibility index (Phi) is 3.68. The lowest BCUT2D eigenvalue weighted by atomic mass is 10.1. The molecule has 2 rings (SSSR count). The first kappa shape index (κ1) is 11.3. The molecule has 2 aromatic carbocycles. The molecule has 0 amide bonds. The highest BCUT2D eigenvalue weighted by molar-refractivity contribution is 7.99. The molecule has 1 unspecified atom stereocenters. The summed E-state index contributed by atoms with van der Waals surface area (Å²) in [4.78, 5) is 1.33. The van der Waals surface area contributed by atoms with Gasteiger partial charge in [-0.25, -0.2) is 0 Å². The molecule has 0 heterocycles. The van der Waals surface area contributed by atoms with Gasteiger partial charge in [0.1, 0.15) is 0 Å². The summed E-state index contributed by atoms with van der Waals surface area (Å²) in [6.45, 7) is 4.38. The van der Waals surface area contributed by atoms with Crippen LogP contribution in [0.3, 0.4) is 0 Å². The largest absolute Gasteiger partial charge is 0.118 e. The van der Waals surface area contributed by atoms with Gasteiger partial charge in [0, 0.05) is 10.1 Å². The second-order valence-corrected chi connectivity index (χ2v) is 5.40. The van der Waals surface area contributed by atoms with Gasteiger partial charge in [0.15, 0.2) is 0 Å². The van der Waals surface area contributed by atoms with E-state index in [1.807, 2.05) is 11.8 Å². The fraction of sp³-hybridized carbons (Fsp3) is 0.200. The van der Waals surface area contributed by atoms with Crippen molar-refractivity contribution in [1.29, 1.82) is 0 Å². The van der Waals surface area contributed by atoms with E-state index in [9.17, 15) is 0 Å². The molecule has 82 valence electrons. The maximum Gasteiger partial charge on any atom is 0.0316 e. The Labute approximate surface area is 102 Å². The summed E-state index contributed by atoms with van der Waals surface area (Å²) in [5.41, 5.74) is 2.71. The van der Waals surface area contributed by atoms with E-state index in [1.54, 1.807) is 0 Å². The number of hydrogen-bond donors (Lipinski definition) is 0. The van der Waals surface area contributed by atoms with Crippen molar-refractivity contribution >= 4 is 11.8 Å². The van der Waals surface area contributed by atoms with Gasteiger partial charge < -0.3 is 0 Å². The molecule has 0 aliphatic carbocycles. The molecule has 0 N–H and O–H groups in total. The molecule has 0 spiro atoms. The normalized spacial score (nSPS) is 12.4. The summed E-state index contributed by atoms with van der Waals surface area (Å²) in [5, 5.41) is 0.503. The highest BCUT2D eigenvalue weighted by atomic mass is 32.2. The highest BCUT2D eigenvalue weighted by Crippen LogP contribution is 2.34. The van der Waals surface area contributed by atoms with Gasteiger partial charge in [0.25, 0.3) is 0 Å². The van der Waals surface area contributed by atoms with Crippen LogP contribution in [-0.4, -0.2) is 0 Å². The van der Waals surface area contributed by atoms with Crippen LogP contribution in [0.2, 0.25) is 0 Å². The Hall–Kier alpha value is -1.21. The summed E-state index contributed by atoms with van der Waals surface area (Å²) in [6.07, 6.45) is 0. The molecule has 0 nitrogen and oxygen atoms in total. The van der Waals surface area contributed by atoms with E-state index in [4.69, 9.17) is 0 Å². The Balaban J connectivity index is 2.09. The molecule has 0 radical (unpaired) electrons. The Bertz CT molecular complexity index is 431. The van der Waals surface area contributed by atoms with Crippen molar-refractivity contribution in [3.8, 4) is 0 Å². The second-order valence-electron chi connectivity index (χ2n) is 3.98. The predicted octanol–water partition coefficient (Wildman–Crippen LogP) is 4.85. The number of rotatable bonds is 3. The molecular weight excluding hydrogens is 212 g/mol. The standard InChI is InChI=1S/C15H16S/c1-12-8-10-14(11-9-12)13(2)16-15-6-4-3-5-7-15/h3-11,13H,1-2H3. The van der Waals surface area contributed by atoms with Gasteiger partial charge in [-0.2, -0.15) is 0 Å². The van der Waals surface area contributed by atoms with Crippen LogP contribution in [0.15, 0.2) is 59.5 Å². The van der Waals surface area contributed by atoms with E-state index in [0.717, 1.165) is 0 Å². The Morgan fingerprint density at radius 2 is 1.50 bits per heavy atom. The maximum atomic E-state index is 2.25. The first-order valence-electron chi connectivity index (χ1n) is 5.54. The molecule has 0 saturated carbocycles. The van der Waals surface area contributed by atoms with Crippen LogP contribution in [0, 0.1) is 6.92 Å². The first-order valence-corrected chi connectivity index (χ1v) is 6.42. The minimum Gasteiger partial charge on any atom is -0.118 e. The molecular formula is C15H16S. The van der Waals surface area contributed by atoms with E-state index in [2.05, 4.69) is 68.4 Å². The maximum absolute atomic E-state index is 2.25. The highest BCUT2D eigenvalue weighted by Gasteiger charge is 2.06. The minimum absolute atomic E-state index is 0.503. The van der Waals surface area contributed by atoms with Crippen molar-refractivity contribution in [1.82, 2.24) is 0 Å². The van der Waals surface area contributed by atoms with E-state index in [0.29, 0.717) is 5.25 Å². The fourth-order valence-corrected chi connectivity index (χ4v) is 2.62. The fourth-order valence-electron chi connectivity index (χ4n) is 1.61. The molecule has 0 saturated heterocycles. The van der Waals surface area contributed by atoms with E-state index >= 15 is 0 Å². The van der Waals surface area contributed by atoms with Gasteiger partial charge in [0.2, 0.25) is 0 Å². The average Bonchev–Trinajstić information content (AvgIpc) is 2.31. The molecule has 1 heteroatoms. The molecule has 0 aliphatic rings. The monoisotopic (exact) mass is 228 g/mol. The molecule has 0 bridgehead atoms. The zero-order chi connectivity index (χ0) is 11.4. The second kappa shape index (κ2) is 5.22. The third-order valence-electron chi connectivity index (χ3n) is 2.60. The molecule has 0 aliphatic heterocycles. The van der Waals surface area contributed by atoms with Gasteiger partial charge in [-0.1, -0.05) is 48.0 Å². The van der Waals surface area contributed by atoms with Crippen LogP contribution < -0.4 is 0 Å². The van der Waals surface area contributed by atoms with Crippen LogP contribution >= 0.6 is 11.8 Å². The molecule has 16 heavy (non-hydrogen) atoms. The van der Waals surface area contributed by atoms with Crippen molar-refractivity contribution in [3.05, 3.63) is 65.7 Å². The van der Waals surface area contributed by atoms with Crippen molar-refractivity contribution < 1.29 is 0 Å². The lowest BCUT2D eigenvalue weighted by Gasteiger charge is -2.11. The summed E-state index contributed by atoms with van der Waals surface area (Å²) < 4.78 is 0. The molecule has 1 atom stereocenters. The number of hydrogen-bond acceptors (Lipinski definition) is 1. The van der Waals surface area contributed by atoms with Crippen LogP contribution in [0.25, 0.3) is 0 Å². The van der Waals surface area contributed by atoms with Crippen molar-refractivity contribution in [3.63, 3.8) is 0 Å². The zero-order valence-electron chi connectivity index (χ0n) is 9.68. The van der Waals surface area contributed by atoms with Gasteiger partial charge in [0.05, 0.1) is 0 Å². The third-order valence-corrected chi connectivity index (χ3v) is 3.77. The van der Waals surface area contributed by atoms with Crippen molar-refractivity contribution in [2.45, 2.75) is 24.0 Å². The van der Waals surface area contributed by atoms with Crippen LogP contribution in [0.5, 0.6) is 0 Å². The van der Waals surface area contributed by atoms with Gasteiger partial charge in [-0.3, -0.25) is 0 Å². The SMILES string of the molecule is Cc1ccc(C(C)Sc2ccccc2)cc1. The average molecular weight is 228 g/mol. The van der Waals surface area contributed by atoms with E-state index in [-0.39, 0.29) is 0 Å². The smallest absolute Gasteiger partial charge is 0.0316 e. The lowest BCUT2D eigenvalue weighted by Crippen LogP contribution is -1.88. The molecule has 0 aromatic heterocycles. The molecule has 2 aromatic rings. The van der Waals surface area contributed by atoms with Crippen molar-refractivity contribution in [2.75, 3.05) is 0 Å². The van der Waals surface area contributed by atoms with Gasteiger partial charge >= 0.3 is 0 Å². The summed E-state index contributed by atoms with van der Waals surface area (Å²) in [5.74, 6) is 0. The zero-order valence-corrected chi connectivity index (χ0v) is 10.5. The number of benzene rings is 2. The van der Waals surface area contributed by atoms with Crippen LogP contribution in [-0.2, 0) is 0 Å². The Morgan fingerprint density at radius 3 is 2.12 bits per heavy atom. The summed E-state index contributed by atoms with van der Waals surface area (Å²) in [7, 11) is 0. The van der Waals surface area contributed by atoms with E-state index < -0.39 is 0 Å². The summed E-state index contributed by atoms with van der Waals surface area (Å²) >= 11 is 1.90. The summed E-state index contributed by atoms with van der Waals surface area (Å²) in [6, 6.07) is 19.3. The lowest BCUT2D eigenvalue weighted by molar-refractivity contribution is 1.09. The van der Waals surface area contributed by atoms with Crippen LogP contribution in [0.4, 0.5) is 0 Å². The number of thioether (sulfide) groups is 1.